The molecule has 0 aromatic carbocycles. The minimum Gasteiger partial charge on any atom is -0.465 e. The fourth-order valence-electron chi connectivity index (χ4n) is 4.28. The van der Waals surface area contributed by atoms with Gasteiger partial charge in [0, 0.05) is 0 Å². The highest BCUT2D eigenvalue weighted by Gasteiger charge is 2.52. The number of nitriles is 1. The molecule has 1 unspecified atom stereocenters. The van der Waals surface area contributed by atoms with E-state index in [0.29, 0.717) is 13.0 Å². The summed E-state index contributed by atoms with van der Waals surface area (Å²) in [6.45, 7) is 14.7. The fourth-order valence-corrected chi connectivity index (χ4v) is 4.28. The molecule has 0 aromatic heterocycles. The zero-order chi connectivity index (χ0) is 16.3. The summed E-state index contributed by atoms with van der Waals surface area (Å²) in [5.41, 5.74) is -0.836. The van der Waals surface area contributed by atoms with Crippen LogP contribution in [0.25, 0.3) is 0 Å². The summed E-state index contributed by atoms with van der Waals surface area (Å²) in [6.07, 6.45) is 4.89. The molecule has 0 heterocycles. The van der Waals surface area contributed by atoms with E-state index in [1.165, 1.54) is 0 Å². The molecule has 1 fully saturated rings. The van der Waals surface area contributed by atoms with Gasteiger partial charge in [0.15, 0.2) is 5.41 Å². The average molecular weight is 291 g/mol. The Kier molecular flexibility index (Phi) is 5.25. The maximum atomic E-state index is 12.5. The molecule has 0 aliphatic heterocycles. The van der Waals surface area contributed by atoms with Gasteiger partial charge >= 0.3 is 5.97 Å². The Morgan fingerprint density at radius 3 is 2.29 bits per heavy atom. The van der Waals surface area contributed by atoms with Crippen LogP contribution in [0.4, 0.5) is 0 Å². The van der Waals surface area contributed by atoms with Crippen molar-refractivity contribution in [2.24, 2.45) is 22.2 Å². The molecule has 1 aliphatic rings. The van der Waals surface area contributed by atoms with Crippen molar-refractivity contribution in [3.63, 3.8) is 0 Å². The second kappa shape index (κ2) is 6.22. The van der Waals surface area contributed by atoms with Crippen molar-refractivity contribution < 1.29 is 9.53 Å². The minimum absolute atomic E-state index is 0.0123. The molecular weight excluding hydrogens is 262 g/mol. The van der Waals surface area contributed by atoms with Gasteiger partial charge in [-0.05, 0) is 49.4 Å². The SMILES string of the molecule is C=CCC(C#N)(C(=O)OCC)C1CC(C)(C)CC(C)(C)C1. The van der Waals surface area contributed by atoms with E-state index in [1.807, 2.05) is 0 Å². The number of allylic oxidation sites excluding steroid dienone is 1. The monoisotopic (exact) mass is 291 g/mol. The summed E-state index contributed by atoms with van der Waals surface area (Å²) >= 11 is 0. The highest BCUT2D eigenvalue weighted by molar-refractivity contribution is 5.80. The first kappa shape index (κ1) is 17.8. The summed E-state index contributed by atoms with van der Waals surface area (Å²) in [5.74, 6) is -0.371. The average Bonchev–Trinajstić information content (AvgIpc) is 2.32. The molecule has 21 heavy (non-hydrogen) atoms. The highest BCUT2D eigenvalue weighted by atomic mass is 16.5. The Morgan fingerprint density at radius 2 is 1.90 bits per heavy atom. The van der Waals surface area contributed by atoms with Gasteiger partial charge in [0.2, 0.25) is 0 Å². The molecule has 0 N–H and O–H groups in total. The third kappa shape index (κ3) is 3.87. The van der Waals surface area contributed by atoms with E-state index in [1.54, 1.807) is 13.0 Å². The Labute approximate surface area is 129 Å². The van der Waals surface area contributed by atoms with E-state index in [-0.39, 0.29) is 22.7 Å². The standard InChI is InChI=1S/C18H29NO2/c1-7-9-18(13-19,15(20)21-8-2)14-10-16(3,4)12-17(5,6)11-14/h7,14H,1,8-12H2,2-6H3. The Hall–Kier alpha value is -1.30. The van der Waals surface area contributed by atoms with Crippen molar-refractivity contribution in [2.45, 2.75) is 60.3 Å². The molecule has 0 saturated heterocycles. The molecule has 0 amide bonds. The number of hydrogen-bond acceptors (Lipinski definition) is 3. The van der Waals surface area contributed by atoms with Crippen LogP contribution < -0.4 is 0 Å². The van der Waals surface area contributed by atoms with Crippen molar-refractivity contribution in [2.75, 3.05) is 6.61 Å². The number of hydrogen-bond donors (Lipinski definition) is 0. The lowest BCUT2D eigenvalue weighted by atomic mass is 9.55. The van der Waals surface area contributed by atoms with Gasteiger partial charge in [0.1, 0.15) is 0 Å². The first-order valence-corrected chi connectivity index (χ1v) is 7.82. The molecule has 3 nitrogen and oxygen atoms in total. The third-order valence-corrected chi connectivity index (χ3v) is 4.56. The molecule has 1 aliphatic carbocycles. The lowest BCUT2D eigenvalue weighted by Crippen LogP contribution is -2.46. The summed E-state index contributed by atoms with van der Waals surface area (Å²) in [7, 11) is 0. The van der Waals surface area contributed by atoms with Crippen molar-refractivity contribution in [1.29, 1.82) is 5.26 Å². The van der Waals surface area contributed by atoms with Crippen LogP contribution in [0, 0.1) is 33.5 Å². The number of carbonyl (C=O) groups excluding carboxylic acids is 1. The summed E-state index contributed by atoms with van der Waals surface area (Å²) in [4.78, 5) is 12.5. The normalized spacial score (nSPS) is 23.6. The van der Waals surface area contributed by atoms with Gasteiger partial charge in [-0.25, -0.2) is 0 Å². The second-order valence-electron chi connectivity index (χ2n) is 7.91. The first-order chi connectivity index (χ1) is 9.62. The van der Waals surface area contributed by atoms with E-state index in [0.717, 1.165) is 19.3 Å². The van der Waals surface area contributed by atoms with E-state index in [4.69, 9.17) is 4.74 Å². The van der Waals surface area contributed by atoms with Crippen LogP contribution in [-0.2, 0) is 9.53 Å². The van der Waals surface area contributed by atoms with Crippen molar-refractivity contribution in [3.8, 4) is 6.07 Å². The predicted molar refractivity (Wildman–Crippen MR) is 84.4 cm³/mol. The van der Waals surface area contributed by atoms with Crippen LogP contribution in [0.3, 0.4) is 0 Å². The van der Waals surface area contributed by atoms with E-state index in [9.17, 15) is 10.1 Å². The van der Waals surface area contributed by atoms with Gasteiger partial charge in [-0.15, -0.1) is 6.58 Å². The fraction of sp³-hybridized carbons (Fsp3) is 0.778. The molecule has 0 bridgehead atoms. The molecular formula is C18H29NO2. The largest absolute Gasteiger partial charge is 0.465 e. The van der Waals surface area contributed by atoms with Gasteiger partial charge in [-0.3, -0.25) is 4.79 Å². The third-order valence-electron chi connectivity index (χ3n) is 4.56. The van der Waals surface area contributed by atoms with Gasteiger partial charge in [0.25, 0.3) is 0 Å². The minimum atomic E-state index is -1.09. The predicted octanol–water partition coefficient (Wildman–Crippen LogP) is 4.49. The van der Waals surface area contributed by atoms with Crippen LogP contribution in [0.15, 0.2) is 12.7 Å². The van der Waals surface area contributed by atoms with Gasteiger partial charge in [-0.1, -0.05) is 33.8 Å². The molecule has 1 saturated carbocycles. The molecule has 1 atom stereocenters. The lowest BCUT2D eigenvalue weighted by molar-refractivity contribution is -0.157. The van der Waals surface area contributed by atoms with Crippen LogP contribution in [0.5, 0.6) is 0 Å². The Balaban J connectivity index is 3.22. The maximum absolute atomic E-state index is 12.5. The summed E-state index contributed by atoms with van der Waals surface area (Å²) in [5, 5.41) is 9.80. The van der Waals surface area contributed by atoms with E-state index in [2.05, 4.69) is 40.3 Å². The summed E-state index contributed by atoms with van der Waals surface area (Å²) in [6, 6.07) is 2.30. The van der Waals surface area contributed by atoms with Crippen LogP contribution >= 0.6 is 0 Å². The number of rotatable bonds is 5. The quantitative estimate of drug-likeness (QED) is 0.554. The lowest BCUT2D eigenvalue weighted by Gasteiger charge is -2.48. The molecule has 1 rings (SSSR count). The molecule has 0 aromatic rings. The summed E-state index contributed by atoms with van der Waals surface area (Å²) < 4.78 is 5.23. The number of ether oxygens (including phenoxy) is 1. The number of esters is 1. The zero-order valence-electron chi connectivity index (χ0n) is 14.2. The van der Waals surface area contributed by atoms with E-state index >= 15 is 0 Å². The Bertz CT molecular complexity index is 429. The van der Waals surface area contributed by atoms with Crippen LogP contribution in [0.1, 0.15) is 60.3 Å². The molecule has 118 valence electrons. The van der Waals surface area contributed by atoms with Gasteiger partial charge < -0.3 is 4.74 Å². The van der Waals surface area contributed by atoms with Crippen molar-refractivity contribution in [1.82, 2.24) is 0 Å². The van der Waals surface area contributed by atoms with Crippen LogP contribution in [0.2, 0.25) is 0 Å². The van der Waals surface area contributed by atoms with Crippen molar-refractivity contribution in [3.05, 3.63) is 12.7 Å². The Morgan fingerprint density at radius 1 is 1.38 bits per heavy atom. The van der Waals surface area contributed by atoms with Gasteiger partial charge in [-0.2, -0.15) is 5.26 Å². The second-order valence-corrected chi connectivity index (χ2v) is 7.91. The molecule has 0 radical (unpaired) electrons. The maximum Gasteiger partial charge on any atom is 0.327 e. The van der Waals surface area contributed by atoms with Crippen molar-refractivity contribution >= 4 is 5.97 Å². The number of carbonyl (C=O) groups is 1. The smallest absolute Gasteiger partial charge is 0.327 e. The van der Waals surface area contributed by atoms with Gasteiger partial charge in [0.05, 0.1) is 12.7 Å². The zero-order valence-corrected chi connectivity index (χ0v) is 14.2. The molecule has 3 heteroatoms. The van der Waals surface area contributed by atoms with Crippen LogP contribution in [-0.4, -0.2) is 12.6 Å². The van der Waals surface area contributed by atoms with E-state index < -0.39 is 5.41 Å². The highest BCUT2D eigenvalue weighted by Crippen LogP contribution is 2.54. The molecule has 0 spiro atoms. The topological polar surface area (TPSA) is 50.1 Å². The number of nitrogens with zero attached hydrogens (tertiary/aromatic N) is 1. The first-order valence-electron chi connectivity index (χ1n) is 7.82.